The van der Waals surface area contributed by atoms with Crippen LogP contribution in [0.5, 0.6) is 0 Å². The molecule has 0 fully saturated rings. The molecule has 0 aromatic rings. The summed E-state index contributed by atoms with van der Waals surface area (Å²) in [5, 5.41) is 4.66. The Morgan fingerprint density at radius 2 is 2.62 bits per heavy atom. The predicted molar refractivity (Wildman–Crippen MR) is 28.7 cm³/mol. The lowest BCUT2D eigenvalue weighted by atomic mass is 10.6. The fourth-order valence-corrected chi connectivity index (χ4v) is 0.364. The van der Waals surface area contributed by atoms with E-state index in [0.717, 1.165) is 5.12 Å². The molecule has 0 spiro atoms. The van der Waals surface area contributed by atoms with Crippen LogP contribution in [0, 0.1) is 0 Å². The van der Waals surface area contributed by atoms with Gasteiger partial charge in [-0.2, -0.15) is 5.10 Å². The molecule has 0 aromatic heterocycles. The second-order valence-electron chi connectivity index (χ2n) is 1.20. The average molecular weight is 111 g/mol. The van der Waals surface area contributed by atoms with Gasteiger partial charge in [0.2, 0.25) is 6.41 Å². The van der Waals surface area contributed by atoms with Gasteiger partial charge in [-0.05, 0) is 6.08 Å². The number of nitrogens with one attached hydrogen (secondary N) is 1. The van der Waals surface area contributed by atoms with Crippen molar-refractivity contribution in [3.05, 3.63) is 12.3 Å². The Morgan fingerprint density at radius 1 is 1.75 bits per heavy atom. The molecule has 1 aliphatic rings. The van der Waals surface area contributed by atoms with Crippen LogP contribution in [0.4, 0.5) is 0 Å². The first kappa shape index (κ1) is 4.83. The molecule has 4 nitrogen and oxygen atoms in total. The molecule has 0 bridgehead atoms. The van der Waals surface area contributed by atoms with Crippen LogP contribution in [0.3, 0.4) is 0 Å². The molecular formula is C4H5N3O. The highest BCUT2D eigenvalue weighted by Crippen LogP contribution is 1.81. The summed E-state index contributed by atoms with van der Waals surface area (Å²) in [6, 6.07) is 0. The van der Waals surface area contributed by atoms with Gasteiger partial charge >= 0.3 is 0 Å². The maximum atomic E-state index is 9.88. The van der Waals surface area contributed by atoms with Crippen LogP contribution in [-0.4, -0.2) is 17.7 Å². The number of hydrazone groups is 1. The number of amides is 1. The molecule has 0 radical (unpaired) electrons. The maximum Gasteiger partial charge on any atom is 0.250 e. The summed E-state index contributed by atoms with van der Waals surface area (Å²) < 4.78 is 0. The number of hydrogen-bond donors (Lipinski definition) is 1. The molecule has 1 rings (SSSR count). The SMILES string of the molecule is O=CN1N=CC=CN1. The number of carbonyl (C=O) groups excluding carboxylic acids is 1. The third-order valence-corrected chi connectivity index (χ3v) is 0.680. The van der Waals surface area contributed by atoms with Gasteiger partial charge in [0, 0.05) is 6.20 Å². The average Bonchev–Trinajstić information content (AvgIpc) is 1.90. The lowest BCUT2D eigenvalue weighted by Gasteiger charge is -2.10. The van der Waals surface area contributed by atoms with E-state index in [1.54, 1.807) is 12.3 Å². The van der Waals surface area contributed by atoms with E-state index in [4.69, 9.17) is 0 Å². The van der Waals surface area contributed by atoms with Crippen molar-refractivity contribution in [2.75, 3.05) is 0 Å². The minimum absolute atomic E-state index is 0.583. The molecule has 0 aliphatic carbocycles. The number of hydrazine groups is 1. The van der Waals surface area contributed by atoms with Gasteiger partial charge in [-0.15, -0.1) is 5.12 Å². The third kappa shape index (κ3) is 0.841. The van der Waals surface area contributed by atoms with Crippen molar-refractivity contribution in [3.63, 3.8) is 0 Å². The lowest BCUT2D eigenvalue weighted by Crippen LogP contribution is -2.29. The van der Waals surface area contributed by atoms with E-state index in [1.807, 2.05) is 0 Å². The van der Waals surface area contributed by atoms with Gasteiger partial charge in [0.25, 0.3) is 0 Å². The molecule has 0 atom stereocenters. The van der Waals surface area contributed by atoms with E-state index in [1.165, 1.54) is 6.21 Å². The number of rotatable bonds is 1. The monoisotopic (exact) mass is 111 g/mol. The van der Waals surface area contributed by atoms with Crippen LogP contribution in [0.1, 0.15) is 0 Å². The first-order valence-corrected chi connectivity index (χ1v) is 2.13. The van der Waals surface area contributed by atoms with Gasteiger partial charge < -0.3 is 0 Å². The van der Waals surface area contributed by atoms with Gasteiger partial charge in [-0.1, -0.05) is 0 Å². The third-order valence-electron chi connectivity index (χ3n) is 0.680. The first-order valence-electron chi connectivity index (χ1n) is 2.13. The highest BCUT2D eigenvalue weighted by atomic mass is 16.2. The van der Waals surface area contributed by atoms with Crippen molar-refractivity contribution in [2.24, 2.45) is 5.10 Å². The van der Waals surface area contributed by atoms with Crippen molar-refractivity contribution < 1.29 is 4.79 Å². The number of nitrogens with zero attached hydrogens (tertiary/aromatic N) is 2. The minimum Gasteiger partial charge on any atom is -0.283 e. The van der Waals surface area contributed by atoms with Gasteiger partial charge in [0.05, 0.1) is 6.21 Å². The molecule has 8 heavy (non-hydrogen) atoms. The van der Waals surface area contributed by atoms with Gasteiger partial charge in [0.15, 0.2) is 0 Å². The fraction of sp³-hybridized carbons (Fsp3) is 0. The molecule has 1 heterocycles. The van der Waals surface area contributed by atoms with Crippen molar-refractivity contribution in [3.8, 4) is 0 Å². The summed E-state index contributed by atoms with van der Waals surface area (Å²) in [6.07, 6.45) is 5.41. The predicted octanol–water partition coefficient (Wildman–Crippen LogP) is -0.538. The van der Waals surface area contributed by atoms with Crippen LogP contribution < -0.4 is 5.43 Å². The Morgan fingerprint density at radius 3 is 3.00 bits per heavy atom. The highest BCUT2D eigenvalue weighted by molar-refractivity contribution is 5.72. The number of hydrogen-bond acceptors (Lipinski definition) is 3. The van der Waals surface area contributed by atoms with Crippen LogP contribution in [0.15, 0.2) is 17.4 Å². The van der Waals surface area contributed by atoms with Crippen LogP contribution in [0.2, 0.25) is 0 Å². The van der Waals surface area contributed by atoms with Gasteiger partial charge in [-0.25, -0.2) is 0 Å². The molecule has 42 valence electrons. The Kier molecular flexibility index (Phi) is 1.27. The Hall–Kier alpha value is -1.32. The molecule has 0 unspecified atom stereocenters. The van der Waals surface area contributed by atoms with Crippen LogP contribution in [0.25, 0.3) is 0 Å². The zero-order chi connectivity index (χ0) is 5.82. The molecule has 1 aliphatic heterocycles. The summed E-state index contributed by atoms with van der Waals surface area (Å²) in [5.41, 5.74) is 2.56. The molecule has 1 amide bonds. The van der Waals surface area contributed by atoms with E-state index >= 15 is 0 Å². The van der Waals surface area contributed by atoms with Crippen molar-refractivity contribution >= 4 is 12.6 Å². The topological polar surface area (TPSA) is 44.7 Å². The quantitative estimate of drug-likeness (QED) is 0.462. The van der Waals surface area contributed by atoms with E-state index in [2.05, 4.69) is 10.5 Å². The summed E-state index contributed by atoms with van der Waals surface area (Å²) in [5.74, 6) is 0. The Balaban J connectivity index is 2.51. The largest absolute Gasteiger partial charge is 0.283 e. The molecule has 1 N–H and O–H groups in total. The number of carbonyl (C=O) groups is 1. The molecule has 0 saturated carbocycles. The summed E-state index contributed by atoms with van der Waals surface area (Å²) >= 11 is 0. The van der Waals surface area contributed by atoms with E-state index in [9.17, 15) is 4.79 Å². The molecule has 0 saturated heterocycles. The standard InChI is InChI=1S/C4H5N3O/c8-4-7-5-2-1-3-6-7/h1-5H. The van der Waals surface area contributed by atoms with Crippen molar-refractivity contribution in [2.45, 2.75) is 0 Å². The van der Waals surface area contributed by atoms with Crippen molar-refractivity contribution in [1.82, 2.24) is 10.5 Å². The zero-order valence-corrected chi connectivity index (χ0v) is 4.11. The second kappa shape index (κ2) is 2.11. The first-order chi connectivity index (χ1) is 3.93. The van der Waals surface area contributed by atoms with Crippen molar-refractivity contribution in [1.29, 1.82) is 0 Å². The second-order valence-corrected chi connectivity index (χ2v) is 1.20. The zero-order valence-electron chi connectivity index (χ0n) is 4.11. The normalized spacial score (nSPS) is 15.8. The Labute approximate surface area is 46.4 Å². The highest BCUT2D eigenvalue weighted by Gasteiger charge is 1.91. The summed E-state index contributed by atoms with van der Waals surface area (Å²) in [4.78, 5) is 9.88. The molecule has 4 heteroatoms. The van der Waals surface area contributed by atoms with Crippen LogP contribution in [-0.2, 0) is 4.79 Å². The number of allylic oxidation sites excluding steroid dienone is 1. The van der Waals surface area contributed by atoms with E-state index in [0.29, 0.717) is 6.41 Å². The summed E-state index contributed by atoms with van der Waals surface area (Å²) in [7, 11) is 0. The van der Waals surface area contributed by atoms with Gasteiger partial charge in [-0.3, -0.25) is 10.2 Å². The lowest BCUT2D eigenvalue weighted by molar-refractivity contribution is -0.120. The van der Waals surface area contributed by atoms with Gasteiger partial charge in [0.1, 0.15) is 0 Å². The fourth-order valence-electron chi connectivity index (χ4n) is 0.364. The minimum atomic E-state index is 0.583. The Bertz CT molecular complexity index is 140. The smallest absolute Gasteiger partial charge is 0.250 e. The molecular weight excluding hydrogens is 106 g/mol. The van der Waals surface area contributed by atoms with E-state index in [-0.39, 0.29) is 0 Å². The van der Waals surface area contributed by atoms with E-state index < -0.39 is 0 Å². The summed E-state index contributed by atoms with van der Waals surface area (Å²) in [6.45, 7) is 0. The molecule has 0 aromatic carbocycles. The van der Waals surface area contributed by atoms with Crippen LogP contribution >= 0.6 is 0 Å². The maximum absolute atomic E-state index is 9.88.